The largest absolute Gasteiger partial charge is 0.348 e. The summed E-state index contributed by atoms with van der Waals surface area (Å²) in [4.78, 5) is 22.0. The second-order valence-corrected chi connectivity index (χ2v) is 5.09. The zero-order valence-corrected chi connectivity index (χ0v) is 11.4. The summed E-state index contributed by atoms with van der Waals surface area (Å²) < 4.78 is 0. The Bertz CT molecular complexity index is 393. The van der Waals surface area contributed by atoms with Gasteiger partial charge in [0.1, 0.15) is 0 Å². The summed E-state index contributed by atoms with van der Waals surface area (Å²) in [6.45, 7) is 6.03. The van der Waals surface area contributed by atoms with Crippen LogP contribution in [0.4, 0.5) is 0 Å². The lowest BCUT2D eigenvalue weighted by atomic mass is 9.88. The lowest BCUT2D eigenvalue weighted by Gasteiger charge is -2.28. The molecule has 1 aromatic rings. The molecule has 1 atom stereocenters. The van der Waals surface area contributed by atoms with Crippen molar-refractivity contribution in [2.45, 2.75) is 46.0 Å². The summed E-state index contributed by atoms with van der Waals surface area (Å²) >= 11 is 0. The second kappa shape index (κ2) is 6.03. The molecule has 1 unspecified atom stereocenters. The van der Waals surface area contributed by atoms with Crippen molar-refractivity contribution in [3.8, 4) is 0 Å². The summed E-state index contributed by atoms with van der Waals surface area (Å²) in [5.41, 5.74) is 2.31. The standard InChI is InChI=1S/C14H23N3O/c1-3-7-17(8-4-2)14(18)11-5-6-12-13(9-11)16-10-15-12/h10-11H,3-9H2,1-2H3,(H,15,16). The van der Waals surface area contributed by atoms with Crippen LogP contribution in [0.15, 0.2) is 6.33 Å². The van der Waals surface area contributed by atoms with Crippen molar-refractivity contribution < 1.29 is 4.79 Å². The van der Waals surface area contributed by atoms with Crippen LogP contribution in [0.5, 0.6) is 0 Å². The SMILES string of the molecule is CCCN(CCC)C(=O)C1CCc2nc[nH]c2C1. The van der Waals surface area contributed by atoms with E-state index in [4.69, 9.17) is 0 Å². The molecule has 1 N–H and O–H groups in total. The van der Waals surface area contributed by atoms with Gasteiger partial charge in [-0.05, 0) is 25.7 Å². The highest BCUT2D eigenvalue weighted by Gasteiger charge is 2.28. The van der Waals surface area contributed by atoms with Gasteiger partial charge in [0, 0.05) is 31.1 Å². The minimum atomic E-state index is 0.149. The fourth-order valence-electron chi connectivity index (χ4n) is 2.74. The van der Waals surface area contributed by atoms with Crippen LogP contribution in [0, 0.1) is 5.92 Å². The number of H-pyrrole nitrogens is 1. The van der Waals surface area contributed by atoms with Crippen molar-refractivity contribution in [1.29, 1.82) is 0 Å². The molecule has 4 heteroatoms. The molecule has 2 rings (SSSR count). The van der Waals surface area contributed by atoms with Crippen LogP contribution in [-0.2, 0) is 17.6 Å². The van der Waals surface area contributed by atoms with E-state index in [9.17, 15) is 4.79 Å². The summed E-state index contributed by atoms with van der Waals surface area (Å²) in [5.74, 6) is 0.481. The van der Waals surface area contributed by atoms with Crippen molar-refractivity contribution in [2.75, 3.05) is 13.1 Å². The van der Waals surface area contributed by atoms with E-state index in [1.54, 1.807) is 6.33 Å². The van der Waals surface area contributed by atoms with Gasteiger partial charge in [0.2, 0.25) is 5.91 Å². The summed E-state index contributed by atoms with van der Waals surface area (Å²) in [7, 11) is 0. The quantitative estimate of drug-likeness (QED) is 0.869. The molecule has 18 heavy (non-hydrogen) atoms. The number of imidazole rings is 1. The summed E-state index contributed by atoms with van der Waals surface area (Å²) in [6, 6.07) is 0. The molecule has 1 aromatic heterocycles. The predicted molar refractivity (Wildman–Crippen MR) is 71.3 cm³/mol. The number of nitrogens with zero attached hydrogens (tertiary/aromatic N) is 2. The number of hydrogen-bond acceptors (Lipinski definition) is 2. The Morgan fingerprint density at radius 1 is 1.44 bits per heavy atom. The number of carbonyl (C=O) groups excluding carboxylic acids is 1. The first kappa shape index (κ1) is 13.1. The number of fused-ring (bicyclic) bond motifs is 1. The van der Waals surface area contributed by atoms with Crippen molar-refractivity contribution in [3.63, 3.8) is 0 Å². The van der Waals surface area contributed by atoms with Crippen molar-refractivity contribution in [1.82, 2.24) is 14.9 Å². The van der Waals surface area contributed by atoms with E-state index in [-0.39, 0.29) is 5.92 Å². The first-order chi connectivity index (χ1) is 8.76. The average molecular weight is 249 g/mol. The minimum absolute atomic E-state index is 0.149. The Kier molecular flexibility index (Phi) is 4.39. The molecular formula is C14H23N3O. The Labute approximate surface area is 109 Å². The van der Waals surface area contributed by atoms with Gasteiger partial charge in [0.05, 0.1) is 12.0 Å². The van der Waals surface area contributed by atoms with Crippen LogP contribution in [0.3, 0.4) is 0 Å². The van der Waals surface area contributed by atoms with Crippen LogP contribution < -0.4 is 0 Å². The minimum Gasteiger partial charge on any atom is -0.348 e. The van der Waals surface area contributed by atoms with Gasteiger partial charge in [0.15, 0.2) is 0 Å². The van der Waals surface area contributed by atoms with Gasteiger partial charge in [-0.2, -0.15) is 0 Å². The molecule has 0 saturated carbocycles. The predicted octanol–water partition coefficient (Wildman–Crippen LogP) is 2.16. The van der Waals surface area contributed by atoms with E-state index in [0.29, 0.717) is 5.91 Å². The van der Waals surface area contributed by atoms with Gasteiger partial charge in [0.25, 0.3) is 0 Å². The number of aryl methyl sites for hydroxylation is 1. The fraction of sp³-hybridized carbons (Fsp3) is 0.714. The molecule has 1 aliphatic carbocycles. The van der Waals surface area contributed by atoms with Crippen LogP contribution in [0.2, 0.25) is 0 Å². The van der Waals surface area contributed by atoms with Gasteiger partial charge in [-0.3, -0.25) is 4.79 Å². The molecule has 100 valence electrons. The Balaban J connectivity index is 2.01. The molecule has 0 radical (unpaired) electrons. The first-order valence-corrected chi connectivity index (χ1v) is 7.06. The third-order valence-corrected chi connectivity index (χ3v) is 3.64. The number of aromatic nitrogens is 2. The third-order valence-electron chi connectivity index (χ3n) is 3.64. The number of hydrogen-bond donors (Lipinski definition) is 1. The second-order valence-electron chi connectivity index (χ2n) is 5.09. The van der Waals surface area contributed by atoms with Crippen molar-refractivity contribution in [2.24, 2.45) is 5.92 Å². The van der Waals surface area contributed by atoms with Crippen LogP contribution in [0.1, 0.15) is 44.5 Å². The first-order valence-electron chi connectivity index (χ1n) is 7.06. The van der Waals surface area contributed by atoms with E-state index in [0.717, 1.165) is 56.6 Å². The maximum absolute atomic E-state index is 12.5. The number of nitrogens with one attached hydrogen (secondary N) is 1. The van der Waals surface area contributed by atoms with E-state index < -0.39 is 0 Å². The number of carbonyl (C=O) groups is 1. The normalized spacial score (nSPS) is 18.4. The van der Waals surface area contributed by atoms with Gasteiger partial charge in [-0.1, -0.05) is 13.8 Å². The van der Waals surface area contributed by atoms with Crippen molar-refractivity contribution >= 4 is 5.91 Å². The molecule has 1 aliphatic rings. The number of amides is 1. The number of aromatic amines is 1. The molecular weight excluding hydrogens is 226 g/mol. The smallest absolute Gasteiger partial charge is 0.226 e. The summed E-state index contributed by atoms with van der Waals surface area (Å²) in [6.07, 6.45) is 6.52. The van der Waals surface area contributed by atoms with E-state index in [1.165, 1.54) is 0 Å². The lowest BCUT2D eigenvalue weighted by Crippen LogP contribution is -2.39. The molecule has 0 fully saturated rings. The maximum atomic E-state index is 12.5. The zero-order valence-electron chi connectivity index (χ0n) is 11.4. The summed E-state index contributed by atoms with van der Waals surface area (Å²) in [5, 5.41) is 0. The van der Waals surface area contributed by atoms with Crippen LogP contribution >= 0.6 is 0 Å². The molecule has 1 heterocycles. The maximum Gasteiger partial charge on any atom is 0.226 e. The Hall–Kier alpha value is -1.32. The molecule has 1 amide bonds. The average Bonchev–Trinajstić information content (AvgIpc) is 2.84. The monoisotopic (exact) mass is 249 g/mol. The highest BCUT2D eigenvalue weighted by Crippen LogP contribution is 2.24. The Morgan fingerprint density at radius 2 is 2.17 bits per heavy atom. The fourth-order valence-corrected chi connectivity index (χ4v) is 2.74. The zero-order chi connectivity index (χ0) is 13.0. The van der Waals surface area contributed by atoms with E-state index in [1.807, 2.05) is 4.90 Å². The van der Waals surface area contributed by atoms with Gasteiger partial charge >= 0.3 is 0 Å². The lowest BCUT2D eigenvalue weighted by molar-refractivity contribution is -0.136. The third kappa shape index (κ3) is 2.74. The molecule has 0 aromatic carbocycles. The molecule has 4 nitrogen and oxygen atoms in total. The highest BCUT2D eigenvalue weighted by atomic mass is 16.2. The Morgan fingerprint density at radius 3 is 2.83 bits per heavy atom. The van der Waals surface area contributed by atoms with Gasteiger partial charge in [-0.25, -0.2) is 4.98 Å². The van der Waals surface area contributed by atoms with E-state index >= 15 is 0 Å². The highest BCUT2D eigenvalue weighted by molar-refractivity contribution is 5.79. The molecule has 0 bridgehead atoms. The van der Waals surface area contributed by atoms with Crippen LogP contribution in [-0.4, -0.2) is 33.9 Å². The molecule has 0 aliphatic heterocycles. The molecule has 0 spiro atoms. The van der Waals surface area contributed by atoms with Crippen molar-refractivity contribution in [3.05, 3.63) is 17.7 Å². The van der Waals surface area contributed by atoms with Crippen LogP contribution in [0.25, 0.3) is 0 Å². The van der Waals surface area contributed by atoms with Gasteiger partial charge in [-0.15, -0.1) is 0 Å². The number of rotatable bonds is 5. The molecule has 0 saturated heterocycles. The van der Waals surface area contributed by atoms with E-state index in [2.05, 4.69) is 23.8 Å². The van der Waals surface area contributed by atoms with Gasteiger partial charge < -0.3 is 9.88 Å². The topological polar surface area (TPSA) is 49.0 Å².